The zero-order valence-corrected chi connectivity index (χ0v) is 10.4. The summed E-state index contributed by atoms with van der Waals surface area (Å²) in [5.74, 6) is 0.868. The lowest BCUT2D eigenvalue weighted by atomic mass is 10.1. The maximum absolute atomic E-state index is 11.4. The molecule has 1 aromatic rings. The molecule has 0 aliphatic carbocycles. The van der Waals surface area contributed by atoms with Crippen LogP contribution in [0.25, 0.3) is 0 Å². The summed E-state index contributed by atoms with van der Waals surface area (Å²) in [6.07, 6.45) is 1.20. The molecule has 0 bridgehead atoms. The Bertz CT molecular complexity index is 352. The van der Waals surface area contributed by atoms with Crippen molar-refractivity contribution < 1.29 is 14.3 Å². The van der Waals surface area contributed by atoms with Gasteiger partial charge in [0.15, 0.2) is 0 Å². The van der Waals surface area contributed by atoms with Crippen molar-refractivity contribution >= 4 is 5.91 Å². The van der Waals surface area contributed by atoms with E-state index in [4.69, 9.17) is 9.47 Å². The van der Waals surface area contributed by atoms with E-state index in [-0.39, 0.29) is 5.91 Å². The van der Waals surface area contributed by atoms with Crippen molar-refractivity contribution in [2.75, 3.05) is 27.4 Å². The maximum Gasteiger partial charge on any atom is 0.220 e. The summed E-state index contributed by atoms with van der Waals surface area (Å²) in [4.78, 5) is 11.4. The van der Waals surface area contributed by atoms with Crippen LogP contribution in [0, 0.1) is 0 Å². The lowest BCUT2D eigenvalue weighted by molar-refractivity contribution is -0.121. The van der Waals surface area contributed by atoms with Crippen LogP contribution in [0.1, 0.15) is 12.0 Å². The van der Waals surface area contributed by atoms with Crippen LogP contribution in [0.15, 0.2) is 24.3 Å². The van der Waals surface area contributed by atoms with Crippen LogP contribution in [0.5, 0.6) is 5.75 Å². The second-order valence-corrected chi connectivity index (χ2v) is 3.69. The number of ether oxygens (including phenoxy) is 2. The first-order valence-electron chi connectivity index (χ1n) is 5.65. The lowest BCUT2D eigenvalue weighted by Crippen LogP contribution is -2.27. The van der Waals surface area contributed by atoms with Crippen molar-refractivity contribution in [3.05, 3.63) is 29.8 Å². The second kappa shape index (κ2) is 7.68. The molecule has 94 valence electrons. The molecule has 4 heteroatoms. The third kappa shape index (κ3) is 5.36. The largest absolute Gasteiger partial charge is 0.497 e. The standard InChI is InChI=1S/C13H19NO3/c1-16-9-8-14-13(15)7-6-11-4-3-5-12(10-11)17-2/h3-5,10H,6-9H2,1-2H3,(H,14,15). The Kier molecular flexibility index (Phi) is 6.10. The van der Waals surface area contributed by atoms with Gasteiger partial charge in [0.25, 0.3) is 0 Å². The number of rotatable bonds is 7. The van der Waals surface area contributed by atoms with Crippen LogP contribution >= 0.6 is 0 Å². The van der Waals surface area contributed by atoms with Gasteiger partial charge in [0.05, 0.1) is 13.7 Å². The van der Waals surface area contributed by atoms with Crippen LogP contribution in [0.4, 0.5) is 0 Å². The van der Waals surface area contributed by atoms with Crippen LogP contribution in [0.3, 0.4) is 0 Å². The third-order valence-electron chi connectivity index (χ3n) is 2.40. The average Bonchev–Trinajstić information content (AvgIpc) is 2.37. The van der Waals surface area contributed by atoms with Crippen LogP contribution in [0.2, 0.25) is 0 Å². The van der Waals surface area contributed by atoms with E-state index in [1.54, 1.807) is 14.2 Å². The van der Waals surface area contributed by atoms with E-state index in [1.807, 2.05) is 24.3 Å². The Hall–Kier alpha value is -1.55. The topological polar surface area (TPSA) is 47.6 Å². The quantitative estimate of drug-likeness (QED) is 0.729. The summed E-state index contributed by atoms with van der Waals surface area (Å²) in [5.41, 5.74) is 1.10. The minimum Gasteiger partial charge on any atom is -0.497 e. The van der Waals surface area contributed by atoms with Gasteiger partial charge in [-0.05, 0) is 24.1 Å². The van der Waals surface area contributed by atoms with Gasteiger partial charge in [-0.15, -0.1) is 0 Å². The molecule has 0 aromatic heterocycles. The van der Waals surface area contributed by atoms with E-state index < -0.39 is 0 Å². The zero-order valence-electron chi connectivity index (χ0n) is 10.4. The van der Waals surface area contributed by atoms with Gasteiger partial charge in [-0.25, -0.2) is 0 Å². The highest BCUT2D eigenvalue weighted by atomic mass is 16.5. The Morgan fingerprint density at radius 1 is 1.35 bits per heavy atom. The molecule has 1 rings (SSSR count). The first-order chi connectivity index (χ1) is 8.26. The van der Waals surface area contributed by atoms with Gasteiger partial charge in [-0.3, -0.25) is 4.79 Å². The van der Waals surface area contributed by atoms with E-state index >= 15 is 0 Å². The summed E-state index contributed by atoms with van der Waals surface area (Å²) >= 11 is 0. The summed E-state index contributed by atoms with van der Waals surface area (Å²) in [7, 11) is 3.25. The Morgan fingerprint density at radius 2 is 2.18 bits per heavy atom. The molecule has 1 aromatic carbocycles. The van der Waals surface area contributed by atoms with E-state index in [2.05, 4.69) is 5.32 Å². The molecular formula is C13H19NO3. The summed E-state index contributed by atoms with van der Waals surface area (Å²) in [6.45, 7) is 1.11. The third-order valence-corrected chi connectivity index (χ3v) is 2.40. The minimum absolute atomic E-state index is 0.0462. The molecule has 0 spiro atoms. The average molecular weight is 237 g/mol. The predicted octanol–water partition coefficient (Wildman–Crippen LogP) is 1.39. The highest BCUT2D eigenvalue weighted by molar-refractivity contribution is 5.76. The fourth-order valence-corrected chi connectivity index (χ4v) is 1.47. The molecule has 1 amide bonds. The van der Waals surface area contributed by atoms with Crippen molar-refractivity contribution in [2.24, 2.45) is 0 Å². The molecule has 4 nitrogen and oxygen atoms in total. The summed E-state index contributed by atoms with van der Waals surface area (Å²) in [5, 5.41) is 2.79. The zero-order chi connectivity index (χ0) is 12.5. The molecule has 0 unspecified atom stereocenters. The van der Waals surface area contributed by atoms with Crippen molar-refractivity contribution in [3.8, 4) is 5.75 Å². The molecule has 0 radical (unpaired) electrons. The van der Waals surface area contributed by atoms with Gasteiger partial charge in [0.2, 0.25) is 5.91 Å². The fraction of sp³-hybridized carbons (Fsp3) is 0.462. The highest BCUT2D eigenvalue weighted by Crippen LogP contribution is 2.13. The maximum atomic E-state index is 11.4. The SMILES string of the molecule is COCCNC(=O)CCc1cccc(OC)c1. The number of hydrogen-bond donors (Lipinski definition) is 1. The molecule has 0 atom stereocenters. The molecule has 1 N–H and O–H groups in total. The highest BCUT2D eigenvalue weighted by Gasteiger charge is 2.02. The monoisotopic (exact) mass is 237 g/mol. The number of hydrogen-bond acceptors (Lipinski definition) is 3. The van der Waals surface area contributed by atoms with Gasteiger partial charge in [0, 0.05) is 20.1 Å². The second-order valence-electron chi connectivity index (χ2n) is 3.69. The normalized spacial score (nSPS) is 10.0. The van der Waals surface area contributed by atoms with Gasteiger partial charge in [-0.2, -0.15) is 0 Å². The minimum atomic E-state index is 0.0462. The number of amides is 1. The molecular weight excluding hydrogens is 218 g/mol. The number of nitrogens with one attached hydrogen (secondary N) is 1. The first kappa shape index (κ1) is 13.5. The first-order valence-corrected chi connectivity index (χ1v) is 5.65. The van der Waals surface area contributed by atoms with Gasteiger partial charge in [-0.1, -0.05) is 12.1 Å². The number of benzene rings is 1. The van der Waals surface area contributed by atoms with Crippen LogP contribution in [-0.4, -0.2) is 33.3 Å². The molecule has 0 saturated carbocycles. The molecule has 0 aliphatic heterocycles. The number of carbonyl (C=O) groups excluding carboxylic acids is 1. The van der Waals surface area contributed by atoms with Crippen LogP contribution < -0.4 is 10.1 Å². The van der Waals surface area contributed by atoms with Gasteiger partial charge in [0.1, 0.15) is 5.75 Å². The van der Waals surface area contributed by atoms with E-state index in [9.17, 15) is 4.79 Å². The fourth-order valence-electron chi connectivity index (χ4n) is 1.47. The Morgan fingerprint density at radius 3 is 2.88 bits per heavy atom. The molecule has 0 fully saturated rings. The van der Waals surface area contributed by atoms with Gasteiger partial charge < -0.3 is 14.8 Å². The van der Waals surface area contributed by atoms with E-state index in [0.29, 0.717) is 19.6 Å². The van der Waals surface area contributed by atoms with Crippen molar-refractivity contribution in [3.63, 3.8) is 0 Å². The van der Waals surface area contributed by atoms with E-state index in [0.717, 1.165) is 17.7 Å². The van der Waals surface area contributed by atoms with E-state index in [1.165, 1.54) is 0 Å². The Labute approximate surface area is 102 Å². The number of aryl methyl sites for hydroxylation is 1. The predicted molar refractivity (Wildman–Crippen MR) is 66.2 cm³/mol. The smallest absolute Gasteiger partial charge is 0.220 e. The molecule has 0 saturated heterocycles. The summed E-state index contributed by atoms with van der Waals surface area (Å²) in [6, 6.07) is 7.76. The Balaban J connectivity index is 2.31. The number of carbonyl (C=O) groups is 1. The summed E-state index contributed by atoms with van der Waals surface area (Å²) < 4.78 is 9.98. The molecule has 17 heavy (non-hydrogen) atoms. The molecule has 0 heterocycles. The van der Waals surface area contributed by atoms with Crippen molar-refractivity contribution in [1.82, 2.24) is 5.32 Å². The molecule has 0 aliphatic rings. The lowest BCUT2D eigenvalue weighted by Gasteiger charge is -2.05. The number of methoxy groups -OCH3 is 2. The van der Waals surface area contributed by atoms with Gasteiger partial charge >= 0.3 is 0 Å². The van der Waals surface area contributed by atoms with Crippen LogP contribution in [-0.2, 0) is 16.0 Å². The van der Waals surface area contributed by atoms with Crippen molar-refractivity contribution in [2.45, 2.75) is 12.8 Å². The van der Waals surface area contributed by atoms with Crippen molar-refractivity contribution in [1.29, 1.82) is 0 Å².